The number of hydrogen-bond acceptors (Lipinski definition) is 2. The van der Waals surface area contributed by atoms with Crippen LogP contribution in [0.15, 0.2) is 36.4 Å². The predicted octanol–water partition coefficient (Wildman–Crippen LogP) is 3.91. The normalized spacial score (nSPS) is 10.3. The minimum absolute atomic E-state index is 0.000295. The Kier molecular flexibility index (Phi) is 3.76. The zero-order valence-electron chi connectivity index (χ0n) is 10.7. The van der Waals surface area contributed by atoms with Crippen molar-refractivity contribution in [3.8, 4) is 5.75 Å². The topological polar surface area (TPSA) is 49.3 Å². The summed E-state index contributed by atoms with van der Waals surface area (Å²) in [5, 5.41) is 13.2. The van der Waals surface area contributed by atoms with Crippen LogP contribution >= 0.6 is 11.6 Å². The van der Waals surface area contributed by atoms with Gasteiger partial charge in [-0.05, 0) is 43.2 Å². The fraction of sp³-hybridized carbons (Fsp3) is 0.133. The van der Waals surface area contributed by atoms with E-state index in [9.17, 15) is 9.90 Å². The first kappa shape index (κ1) is 13.4. The summed E-state index contributed by atoms with van der Waals surface area (Å²) in [4.78, 5) is 12.1. The SMILES string of the molecule is Cc1cccc(C(=O)Nc2cccc(Cl)c2C)c1O. The number of carbonyl (C=O) groups excluding carboxylic acids is 1. The van der Waals surface area contributed by atoms with Gasteiger partial charge in [0.25, 0.3) is 5.91 Å². The Morgan fingerprint density at radius 1 is 1.16 bits per heavy atom. The summed E-state index contributed by atoms with van der Waals surface area (Å²) in [6.45, 7) is 3.57. The van der Waals surface area contributed by atoms with Gasteiger partial charge in [0.05, 0.1) is 5.56 Å². The molecule has 0 aliphatic heterocycles. The van der Waals surface area contributed by atoms with Crippen molar-refractivity contribution in [1.29, 1.82) is 0 Å². The molecule has 0 saturated heterocycles. The van der Waals surface area contributed by atoms with E-state index in [0.29, 0.717) is 16.3 Å². The second kappa shape index (κ2) is 5.33. The monoisotopic (exact) mass is 275 g/mol. The second-order valence-electron chi connectivity index (χ2n) is 4.34. The minimum atomic E-state index is -0.355. The zero-order chi connectivity index (χ0) is 14.0. The minimum Gasteiger partial charge on any atom is -0.507 e. The number of anilines is 1. The number of aromatic hydroxyl groups is 1. The number of rotatable bonds is 2. The van der Waals surface area contributed by atoms with E-state index in [1.807, 2.05) is 6.92 Å². The highest BCUT2D eigenvalue weighted by atomic mass is 35.5. The summed E-state index contributed by atoms with van der Waals surface area (Å²) in [6, 6.07) is 10.4. The van der Waals surface area contributed by atoms with Crippen LogP contribution in [-0.4, -0.2) is 11.0 Å². The van der Waals surface area contributed by atoms with Gasteiger partial charge in [0.1, 0.15) is 5.75 Å². The van der Waals surface area contributed by atoms with Crippen LogP contribution in [-0.2, 0) is 0 Å². The van der Waals surface area contributed by atoms with Crippen molar-refractivity contribution in [2.75, 3.05) is 5.32 Å². The van der Waals surface area contributed by atoms with Crippen molar-refractivity contribution in [2.45, 2.75) is 13.8 Å². The largest absolute Gasteiger partial charge is 0.507 e. The number of carbonyl (C=O) groups is 1. The number of halogens is 1. The number of phenols is 1. The number of benzene rings is 2. The van der Waals surface area contributed by atoms with Gasteiger partial charge in [-0.1, -0.05) is 29.8 Å². The zero-order valence-corrected chi connectivity index (χ0v) is 11.5. The van der Waals surface area contributed by atoms with E-state index in [0.717, 1.165) is 5.56 Å². The van der Waals surface area contributed by atoms with Crippen LogP contribution in [0.3, 0.4) is 0 Å². The highest BCUT2D eigenvalue weighted by Crippen LogP contribution is 2.26. The number of amides is 1. The lowest BCUT2D eigenvalue weighted by molar-refractivity contribution is 0.102. The average Bonchev–Trinajstić information content (AvgIpc) is 2.38. The van der Waals surface area contributed by atoms with Crippen molar-refractivity contribution >= 4 is 23.2 Å². The van der Waals surface area contributed by atoms with Gasteiger partial charge in [-0.15, -0.1) is 0 Å². The first-order chi connectivity index (χ1) is 9.00. The highest BCUT2D eigenvalue weighted by molar-refractivity contribution is 6.31. The maximum atomic E-state index is 12.1. The van der Waals surface area contributed by atoms with E-state index < -0.39 is 0 Å². The molecule has 0 fully saturated rings. The number of nitrogens with one attached hydrogen (secondary N) is 1. The molecule has 2 rings (SSSR count). The van der Waals surface area contributed by atoms with Crippen LogP contribution in [0.5, 0.6) is 5.75 Å². The molecular formula is C15H14ClNO2. The molecule has 1 amide bonds. The standard InChI is InChI=1S/C15H14ClNO2/c1-9-5-3-6-11(14(9)18)15(19)17-13-8-4-7-12(16)10(13)2/h3-8,18H,1-2H3,(H,17,19). The van der Waals surface area contributed by atoms with Gasteiger partial charge in [-0.25, -0.2) is 0 Å². The lowest BCUT2D eigenvalue weighted by atomic mass is 10.1. The van der Waals surface area contributed by atoms with Crippen molar-refractivity contribution in [1.82, 2.24) is 0 Å². The van der Waals surface area contributed by atoms with Crippen LogP contribution in [0.1, 0.15) is 21.5 Å². The quantitative estimate of drug-likeness (QED) is 0.873. The van der Waals surface area contributed by atoms with Crippen molar-refractivity contribution in [3.63, 3.8) is 0 Å². The molecule has 0 heterocycles. The molecule has 19 heavy (non-hydrogen) atoms. The smallest absolute Gasteiger partial charge is 0.259 e. The fourth-order valence-electron chi connectivity index (χ4n) is 1.77. The molecule has 0 spiro atoms. The molecule has 2 aromatic rings. The molecule has 2 aromatic carbocycles. The Balaban J connectivity index is 2.31. The van der Waals surface area contributed by atoms with E-state index in [1.165, 1.54) is 0 Å². The Bertz CT molecular complexity index is 638. The fourth-order valence-corrected chi connectivity index (χ4v) is 1.95. The predicted molar refractivity (Wildman–Crippen MR) is 77.0 cm³/mol. The Labute approximate surface area is 116 Å². The third-order valence-electron chi connectivity index (χ3n) is 3.00. The van der Waals surface area contributed by atoms with Crippen LogP contribution < -0.4 is 5.32 Å². The maximum absolute atomic E-state index is 12.1. The molecule has 0 aliphatic rings. The number of para-hydroxylation sites is 1. The van der Waals surface area contributed by atoms with Gasteiger partial charge >= 0.3 is 0 Å². The summed E-state index contributed by atoms with van der Waals surface area (Å²) in [5.74, 6) is -0.355. The average molecular weight is 276 g/mol. The molecular weight excluding hydrogens is 262 g/mol. The van der Waals surface area contributed by atoms with Gasteiger partial charge < -0.3 is 10.4 Å². The van der Waals surface area contributed by atoms with Crippen LogP contribution in [0, 0.1) is 13.8 Å². The van der Waals surface area contributed by atoms with Crippen molar-refractivity contribution < 1.29 is 9.90 Å². The van der Waals surface area contributed by atoms with Gasteiger partial charge in [0.15, 0.2) is 0 Å². The maximum Gasteiger partial charge on any atom is 0.259 e. The highest BCUT2D eigenvalue weighted by Gasteiger charge is 2.13. The lowest BCUT2D eigenvalue weighted by Gasteiger charge is -2.11. The summed E-state index contributed by atoms with van der Waals surface area (Å²) in [7, 11) is 0. The van der Waals surface area contributed by atoms with Crippen LogP contribution in [0.2, 0.25) is 5.02 Å². The summed E-state index contributed by atoms with van der Waals surface area (Å²) >= 11 is 6.00. The molecule has 0 bridgehead atoms. The number of hydrogen-bond donors (Lipinski definition) is 2. The molecule has 3 nitrogen and oxygen atoms in total. The summed E-state index contributed by atoms with van der Waals surface area (Å²) in [6.07, 6.45) is 0. The van der Waals surface area contributed by atoms with Crippen molar-refractivity contribution in [3.05, 3.63) is 58.1 Å². The molecule has 0 radical (unpaired) electrons. The Morgan fingerprint density at radius 3 is 2.58 bits per heavy atom. The molecule has 0 saturated carbocycles. The van der Waals surface area contributed by atoms with Crippen LogP contribution in [0.25, 0.3) is 0 Å². The second-order valence-corrected chi connectivity index (χ2v) is 4.74. The lowest BCUT2D eigenvalue weighted by Crippen LogP contribution is -2.13. The summed E-state index contributed by atoms with van der Waals surface area (Å²) < 4.78 is 0. The van der Waals surface area contributed by atoms with Crippen molar-refractivity contribution in [2.24, 2.45) is 0 Å². The van der Waals surface area contributed by atoms with Gasteiger partial charge in [-0.2, -0.15) is 0 Å². The third kappa shape index (κ3) is 2.71. The molecule has 0 aromatic heterocycles. The molecule has 2 N–H and O–H groups in total. The van der Waals surface area contributed by atoms with Gasteiger partial charge in [0, 0.05) is 10.7 Å². The molecule has 0 atom stereocenters. The van der Waals surface area contributed by atoms with E-state index in [1.54, 1.807) is 43.3 Å². The van der Waals surface area contributed by atoms with E-state index in [4.69, 9.17) is 11.6 Å². The molecule has 98 valence electrons. The number of phenolic OH excluding ortho intramolecular Hbond substituents is 1. The first-order valence-electron chi connectivity index (χ1n) is 5.85. The molecule has 0 unspecified atom stereocenters. The van der Waals surface area contributed by atoms with Gasteiger partial charge in [0.2, 0.25) is 0 Å². The third-order valence-corrected chi connectivity index (χ3v) is 3.41. The van der Waals surface area contributed by atoms with Gasteiger partial charge in [-0.3, -0.25) is 4.79 Å². The molecule has 4 heteroatoms. The Hall–Kier alpha value is -2.00. The first-order valence-corrected chi connectivity index (χ1v) is 6.23. The van der Waals surface area contributed by atoms with E-state index >= 15 is 0 Å². The van der Waals surface area contributed by atoms with E-state index in [-0.39, 0.29) is 17.2 Å². The Morgan fingerprint density at radius 2 is 1.84 bits per heavy atom. The van der Waals surface area contributed by atoms with E-state index in [2.05, 4.69) is 5.32 Å². The molecule has 0 aliphatic carbocycles. The van der Waals surface area contributed by atoms with Crippen LogP contribution in [0.4, 0.5) is 5.69 Å². The number of aryl methyl sites for hydroxylation is 1. The summed E-state index contributed by atoms with van der Waals surface area (Å²) in [5.41, 5.74) is 2.35.